The molecular formula is C27H28ClN3O2. The topological polar surface area (TPSA) is 56.1 Å². The van der Waals surface area contributed by atoms with Crippen LogP contribution in [0.4, 0.5) is 0 Å². The molecule has 5 nitrogen and oxygen atoms in total. The summed E-state index contributed by atoms with van der Waals surface area (Å²) in [6.07, 6.45) is 1.86. The number of para-hydroxylation sites is 2. The molecule has 6 heteroatoms. The second-order valence-electron chi connectivity index (χ2n) is 8.18. The Kier molecular flexibility index (Phi) is 7.30. The van der Waals surface area contributed by atoms with Gasteiger partial charge < -0.3 is 14.6 Å². The number of amides is 1. The fraction of sp³-hybridized carbons (Fsp3) is 0.259. The highest BCUT2D eigenvalue weighted by molar-refractivity contribution is 6.30. The first kappa shape index (κ1) is 22.9. The Bertz CT molecular complexity index is 1230. The molecule has 1 unspecified atom stereocenters. The highest BCUT2D eigenvalue weighted by Gasteiger charge is 2.19. The van der Waals surface area contributed by atoms with Crippen molar-refractivity contribution < 1.29 is 9.53 Å². The minimum Gasteiger partial charge on any atom is -0.494 e. The first-order valence-electron chi connectivity index (χ1n) is 11.2. The van der Waals surface area contributed by atoms with E-state index in [9.17, 15) is 4.79 Å². The number of aryl methyl sites for hydroxylation is 2. The van der Waals surface area contributed by atoms with Crippen LogP contribution >= 0.6 is 11.6 Å². The van der Waals surface area contributed by atoms with Crippen molar-refractivity contribution in [1.29, 1.82) is 0 Å². The van der Waals surface area contributed by atoms with E-state index in [2.05, 4.69) is 28.9 Å². The number of carbonyl (C=O) groups is 1. The number of nitrogens with one attached hydrogen (secondary N) is 1. The zero-order valence-electron chi connectivity index (χ0n) is 18.9. The van der Waals surface area contributed by atoms with E-state index in [0.717, 1.165) is 42.0 Å². The number of carbonyl (C=O) groups excluding carboxylic acids is 1. The van der Waals surface area contributed by atoms with Crippen LogP contribution in [0.1, 0.15) is 47.6 Å². The number of unbranched alkanes of at least 4 members (excludes halogenated alkanes) is 1. The minimum atomic E-state index is -0.246. The third-order valence-corrected chi connectivity index (χ3v) is 5.81. The van der Waals surface area contributed by atoms with Crippen molar-refractivity contribution >= 4 is 28.5 Å². The van der Waals surface area contributed by atoms with E-state index in [0.29, 0.717) is 17.2 Å². The molecule has 1 aromatic heterocycles. The van der Waals surface area contributed by atoms with Gasteiger partial charge in [-0.2, -0.15) is 0 Å². The summed E-state index contributed by atoms with van der Waals surface area (Å²) < 4.78 is 8.09. The Balaban J connectivity index is 1.42. The molecular weight excluding hydrogens is 434 g/mol. The highest BCUT2D eigenvalue weighted by atomic mass is 35.5. The zero-order valence-corrected chi connectivity index (χ0v) is 19.7. The largest absolute Gasteiger partial charge is 0.494 e. The molecule has 170 valence electrons. The highest BCUT2D eigenvalue weighted by Crippen LogP contribution is 2.22. The molecule has 0 aliphatic carbocycles. The lowest BCUT2D eigenvalue weighted by atomic mass is 10.2. The van der Waals surface area contributed by atoms with Crippen molar-refractivity contribution in [3.8, 4) is 5.75 Å². The molecule has 4 rings (SSSR count). The molecule has 1 N–H and O–H groups in total. The maximum atomic E-state index is 12.7. The van der Waals surface area contributed by atoms with Gasteiger partial charge in [-0.1, -0.05) is 35.9 Å². The molecule has 0 fully saturated rings. The lowest BCUT2D eigenvalue weighted by Crippen LogP contribution is -2.28. The summed E-state index contributed by atoms with van der Waals surface area (Å²) in [5.41, 5.74) is 3.76. The number of fused-ring (bicyclic) bond motifs is 1. The summed E-state index contributed by atoms with van der Waals surface area (Å²) >= 11 is 5.94. The molecule has 0 aliphatic rings. The van der Waals surface area contributed by atoms with Crippen LogP contribution in [-0.4, -0.2) is 22.1 Å². The van der Waals surface area contributed by atoms with E-state index in [-0.39, 0.29) is 11.9 Å². The molecule has 4 aromatic rings. The van der Waals surface area contributed by atoms with Crippen molar-refractivity contribution in [2.24, 2.45) is 0 Å². The molecule has 1 heterocycles. The van der Waals surface area contributed by atoms with Crippen LogP contribution in [0.25, 0.3) is 11.0 Å². The average molecular weight is 462 g/mol. The Morgan fingerprint density at radius 1 is 1.06 bits per heavy atom. The predicted octanol–water partition coefficient (Wildman–Crippen LogP) is 6.35. The van der Waals surface area contributed by atoms with Crippen LogP contribution in [-0.2, 0) is 6.54 Å². The smallest absolute Gasteiger partial charge is 0.251 e. The normalized spacial score (nSPS) is 12.0. The second kappa shape index (κ2) is 10.5. The molecule has 3 aromatic carbocycles. The summed E-state index contributed by atoms with van der Waals surface area (Å²) in [4.78, 5) is 17.5. The molecule has 1 atom stereocenters. The van der Waals surface area contributed by atoms with Crippen molar-refractivity contribution in [2.75, 3.05) is 6.61 Å². The number of rotatable bonds is 9. The van der Waals surface area contributed by atoms with Crippen molar-refractivity contribution in [1.82, 2.24) is 14.9 Å². The van der Waals surface area contributed by atoms with Crippen LogP contribution in [0.2, 0.25) is 5.02 Å². The molecule has 0 saturated carbocycles. The van der Waals surface area contributed by atoms with Crippen LogP contribution in [0.15, 0.2) is 72.8 Å². The van der Waals surface area contributed by atoms with Crippen molar-refractivity contribution in [2.45, 2.75) is 39.3 Å². The van der Waals surface area contributed by atoms with Gasteiger partial charge in [0.05, 0.1) is 23.7 Å². The first-order chi connectivity index (χ1) is 16.0. The van der Waals surface area contributed by atoms with Crippen LogP contribution in [0.3, 0.4) is 0 Å². The van der Waals surface area contributed by atoms with Gasteiger partial charge in [0.2, 0.25) is 0 Å². The minimum absolute atomic E-state index is 0.149. The molecule has 0 spiro atoms. The Labute approximate surface area is 199 Å². The summed E-state index contributed by atoms with van der Waals surface area (Å²) in [5, 5.41) is 3.68. The van der Waals surface area contributed by atoms with Gasteiger partial charge in [-0.3, -0.25) is 4.79 Å². The molecule has 0 aliphatic heterocycles. The maximum absolute atomic E-state index is 12.7. The van der Waals surface area contributed by atoms with Crippen LogP contribution < -0.4 is 10.1 Å². The standard InChI is InChI=1S/C27H28ClN3O2/c1-19-8-7-9-23(18-19)33-17-6-5-16-31-25-11-4-3-10-24(25)30-26(31)20(2)29-27(32)21-12-14-22(28)15-13-21/h3-4,7-15,18,20H,5-6,16-17H2,1-2H3,(H,29,32). The Morgan fingerprint density at radius 3 is 2.64 bits per heavy atom. The lowest BCUT2D eigenvalue weighted by Gasteiger charge is -2.17. The van der Waals surface area contributed by atoms with Gasteiger partial charge in [0.1, 0.15) is 11.6 Å². The number of aromatic nitrogens is 2. The van der Waals surface area contributed by atoms with Gasteiger partial charge in [-0.25, -0.2) is 4.98 Å². The Hall–Kier alpha value is -3.31. The number of benzene rings is 3. The van der Waals surface area contributed by atoms with E-state index < -0.39 is 0 Å². The van der Waals surface area contributed by atoms with Gasteiger partial charge in [-0.15, -0.1) is 0 Å². The number of ether oxygens (including phenoxy) is 1. The van der Waals surface area contributed by atoms with Gasteiger partial charge in [0.25, 0.3) is 5.91 Å². The number of halogens is 1. The zero-order chi connectivity index (χ0) is 23.2. The summed E-state index contributed by atoms with van der Waals surface area (Å²) in [5.74, 6) is 1.60. The fourth-order valence-corrected chi connectivity index (χ4v) is 4.00. The SMILES string of the molecule is Cc1cccc(OCCCCn2c(C(C)NC(=O)c3ccc(Cl)cc3)nc3ccccc32)c1. The molecule has 0 saturated heterocycles. The molecule has 0 radical (unpaired) electrons. The van der Waals surface area contributed by atoms with Gasteiger partial charge >= 0.3 is 0 Å². The van der Waals surface area contributed by atoms with Gasteiger partial charge in [-0.05, 0) is 80.8 Å². The predicted molar refractivity (Wildman–Crippen MR) is 133 cm³/mol. The van der Waals surface area contributed by atoms with Crippen LogP contribution in [0, 0.1) is 6.92 Å². The average Bonchev–Trinajstić information content (AvgIpc) is 3.18. The van der Waals surface area contributed by atoms with E-state index in [4.69, 9.17) is 21.3 Å². The van der Waals surface area contributed by atoms with E-state index in [1.807, 2.05) is 43.3 Å². The Morgan fingerprint density at radius 2 is 1.85 bits per heavy atom. The summed E-state index contributed by atoms with van der Waals surface area (Å²) in [6.45, 7) is 5.49. The van der Waals surface area contributed by atoms with E-state index in [1.54, 1.807) is 24.3 Å². The fourth-order valence-electron chi connectivity index (χ4n) is 3.87. The van der Waals surface area contributed by atoms with Crippen LogP contribution in [0.5, 0.6) is 5.75 Å². The van der Waals surface area contributed by atoms with E-state index in [1.165, 1.54) is 5.56 Å². The quantitative estimate of drug-likeness (QED) is 0.295. The first-order valence-corrected chi connectivity index (χ1v) is 11.6. The van der Waals surface area contributed by atoms with Crippen molar-refractivity contribution in [3.63, 3.8) is 0 Å². The van der Waals surface area contributed by atoms with E-state index >= 15 is 0 Å². The number of imidazole rings is 1. The van der Waals surface area contributed by atoms with Crippen molar-refractivity contribution in [3.05, 3.63) is 94.8 Å². The van der Waals surface area contributed by atoms with Gasteiger partial charge in [0.15, 0.2) is 0 Å². The second-order valence-corrected chi connectivity index (χ2v) is 8.62. The number of hydrogen-bond donors (Lipinski definition) is 1. The third-order valence-electron chi connectivity index (χ3n) is 5.56. The summed E-state index contributed by atoms with van der Waals surface area (Å²) in [6, 6.07) is 22.8. The lowest BCUT2D eigenvalue weighted by molar-refractivity contribution is 0.0937. The molecule has 1 amide bonds. The monoisotopic (exact) mass is 461 g/mol. The number of hydrogen-bond acceptors (Lipinski definition) is 3. The summed E-state index contributed by atoms with van der Waals surface area (Å²) in [7, 11) is 0. The van der Waals surface area contributed by atoms with Gasteiger partial charge in [0, 0.05) is 17.1 Å². The number of nitrogens with zero attached hydrogens (tertiary/aromatic N) is 2. The third kappa shape index (κ3) is 5.74. The molecule has 33 heavy (non-hydrogen) atoms. The molecule has 0 bridgehead atoms. The maximum Gasteiger partial charge on any atom is 0.251 e.